The average molecular weight is 347 g/mol. The van der Waals surface area contributed by atoms with Gasteiger partial charge < -0.3 is 11.1 Å². The number of piperidine rings is 1. The molecule has 2 aliphatic rings. The number of H-pyrrole nitrogens is 1. The summed E-state index contributed by atoms with van der Waals surface area (Å²) in [6.45, 7) is 3.70. The second-order valence-corrected chi connectivity index (χ2v) is 7.43. The summed E-state index contributed by atoms with van der Waals surface area (Å²) in [5, 5.41) is 10.1. The van der Waals surface area contributed by atoms with Crippen molar-refractivity contribution in [3.05, 3.63) is 17.5 Å². The number of nitrogens with two attached hydrogens (primary N) is 1. The number of rotatable bonds is 5. The fourth-order valence-electron chi connectivity index (χ4n) is 4.02. The van der Waals surface area contributed by atoms with Crippen LogP contribution in [0.5, 0.6) is 0 Å². The molecule has 4 N–H and O–H groups in total. The highest BCUT2D eigenvalue weighted by Gasteiger charge is 2.30. The van der Waals surface area contributed by atoms with Crippen LogP contribution in [-0.4, -0.2) is 52.1 Å². The van der Waals surface area contributed by atoms with Crippen molar-refractivity contribution in [3.63, 3.8) is 0 Å². The fraction of sp³-hybridized carbons (Fsp3) is 0.722. The Bertz CT molecular complexity index is 608. The highest BCUT2D eigenvalue weighted by Crippen LogP contribution is 2.27. The lowest BCUT2D eigenvalue weighted by atomic mass is 9.93. The number of likely N-dealkylation sites (tertiary alicyclic amines) is 1. The molecular weight excluding hydrogens is 318 g/mol. The molecule has 2 fully saturated rings. The molecule has 2 heterocycles. The fourth-order valence-corrected chi connectivity index (χ4v) is 4.02. The summed E-state index contributed by atoms with van der Waals surface area (Å²) in [6, 6.07) is 1.95. The SMILES string of the molecule is C[C@H](C(=O)NC1CCCCC1)N1CCC[C@H](c2cc(C(N)=O)n[nH]2)C1. The molecule has 1 saturated carbocycles. The largest absolute Gasteiger partial charge is 0.364 e. The van der Waals surface area contributed by atoms with Gasteiger partial charge in [-0.3, -0.25) is 19.6 Å². The van der Waals surface area contributed by atoms with Crippen LogP contribution in [0.1, 0.15) is 74.0 Å². The first-order chi connectivity index (χ1) is 12.0. The van der Waals surface area contributed by atoms with Crippen LogP contribution in [0.25, 0.3) is 0 Å². The summed E-state index contributed by atoms with van der Waals surface area (Å²) in [7, 11) is 0. The second-order valence-electron chi connectivity index (χ2n) is 7.43. The topological polar surface area (TPSA) is 104 Å². The van der Waals surface area contributed by atoms with Crippen molar-refractivity contribution in [1.82, 2.24) is 20.4 Å². The minimum Gasteiger partial charge on any atom is -0.364 e. The smallest absolute Gasteiger partial charge is 0.269 e. The normalized spacial score (nSPS) is 24.0. The van der Waals surface area contributed by atoms with Crippen LogP contribution in [0.15, 0.2) is 6.07 Å². The highest BCUT2D eigenvalue weighted by atomic mass is 16.2. The predicted octanol–water partition coefficient (Wildman–Crippen LogP) is 1.53. The monoisotopic (exact) mass is 347 g/mol. The van der Waals surface area contributed by atoms with Crippen LogP contribution in [0.3, 0.4) is 0 Å². The second kappa shape index (κ2) is 7.99. The van der Waals surface area contributed by atoms with Crippen LogP contribution in [0.4, 0.5) is 0 Å². The highest BCUT2D eigenvalue weighted by molar-refractivity contribution is 5.90. The third-order valence-corrected chi connectivity index (χ3v) is 5.62. The molecule has 0 bridgehead atoms. The Labute approximate surface area is 148 Å². The number of primary amides is 1. The molecule has 1 saturated heterocycles. The van der Waals surface area contributed by atoms with Gasteiger partial charge in [0, 0.05) is 24.2 Å². The van der Waals surface area contributed by atoms with Crippen molar-refractivity contribution in [2.75, 3.05) is 13.1 Å². The first-order valence-corrected chi connectivity index (χ1v) is 9.44. The van der Waals surface area contributed by atoms with Gasteiger partial charge in [-0.2, -0.15) is 5.10 Å². The zero-order chi connectivity index (χ0) is 17.8. The molecule has 1 aromatic heterocycles. The number of amides is 2. The first-order valence-electron chi connectivity index (χ1n) is 9.44. The van der Waals surface area contributed by atoms with Crippen molar-refractivity contribution < 1.29 is 9.59 Å². The van der Waals surface area contributed by atoms with E-state index in [0.717, 1.165) is 44.5 Å². The summed E-state index contributed by atoms with van der Waals surface area (Å²) in [5.74, 6) is -0.135. The molecule has 1 aliphatic heterocycles. The van der Waals surface area contributed by atoms with Crippen LogP contribution in [-0.2, 0) is 4.79 Å². The molecule has 2 amide bonds. The van der Waals surface area contributed by atoms with E-state index in [-0.39, 0.29) is 23.6 Å². The Balaban J connectivity index is 1.57. The number of hydrogen-bond donors (Lipinski definition) is 3. The molecule has 0 aromatic carbocycles. The van der Waals surface area contributed by atoms with E-state index in [1.54, 1.807) is 6.07 Å². The molecule has 138 valence electrons. The van der Waals surface area contributed by atoms with Crippen LogP contribution in [0, 0.1) is 0 Å². The minimum atomic E-state index is -0.518. The summed E-state index contributed by atoms with van der Waals surface area (Å²) in [6.07, 6.45) is 7.97. The Morgan fingerprint density at radius 1 is 1.28 bits per heavy atom. The Morgan fingerprint density at radius 3 is 2.72 bits per heavy atom. The quantitative estimate of drug-likeness (QED) is 0.751. The summed E-state index contributed by atoms with van der Waals surface area (Å²) >= 11 is 0. The van der Waals surface area contributed by atoms with Crippen molar-refractivity contribution >= 4 is 11.8 Å². The van der Waals surface area contributed by atoms with E-state index in [0.29, 0.717) is 6.04 Å². The number of carbonyl (C=O) groups is 2. The van der Waals surface area contributed by atoms with Crippen LogP contribution in [0.2, 0.25) is 0 Å². The average Bonchev–Trinajstić information content (AvgIpc) is 3.12. The maximum absolute atomic E-state index is 12.6. The Hall–Kier alpha value is -1.89. The first kappa shape index (κ1) is 17.9. The van der Waals surface area contributed by atoms with E-state index < -0.39 is 5.91 Å². The predicted molar refractivity (Wildman–Crippen MR) is 95.1 cm³/mol. The maximum Gasteiger partial charge on any atom is 0.269 e. The number of nitrogens with zero attached hydrogens (tertiary/aromatic N) is 2. The molecule has 0 unspecified atom stereocenters. The number of nitrogens with one attached hydrogen (secondary N) is 2. The molecule has 1 aromatic rings. The third-order valence-electron chi connectivity index (χ3n) is 5.62. The van der Waals surface area contributed by atoms with E-state index in [1.165, 1.54) is 19.3 Å². The summed E-state index contributed by atoms with van der Waals surface area (Å²) < 4.78 is 0. The van der Waals surface area contributed by atoms with Crippen molar-refractivity contribution in [2.45, 2.75) is 69.9 Å². The van der Waals surface area contributed by atoms with Crippen LogP contribution >= 0.6 is 0 Å². The van der Waals surface area contributed by atoms with Crippen molar-refractivity contribution in [3.8, 4) is 0 Å². The van der Waals surface area contributed by atoms with Crippen LogP contribution < -0.4 is 11.1 Å². The zero-order valence-electron chi connectivity index (χ0n) is 15.0. The molecule has 0 spiro atoms. The standard InChI is InChI=1S/C18H29N5O2/c1-12(18(25)20-14-7-3-2-4-8-14)23-9-5-6-13(11-23)15-10-16(17(19)24)22-21-15/h10,12-14H,2-9,11H2,1H3,(H2,19,24)(H,20,25)(H,21,22)/t12-,13+/m1/s1. The molecule has 7 nitrogen and oxygen atoms in total. The van der Waals surface area contributed by atoms with Gasteiger partial charge >= 0.3 is 0 Å². The van der Waals surface area contributed by atoms with Gasteiger partial charge in [-0.15, -0.1) is 0 Å². The number of hydrogen-bond acceptors (Lipinski definition) is 4. The minimum absolute atomic E-state index is 0.134. The lowest BCUT2D eigenvalue weighted by molar-refractivity contribution is -0.127. The van der Waals surface area contributed by atoms with Gasteiger partial charge in [-0.25, -0.2) is 0 Å². The Kier molecular flexibility index (Phi) is 5.73. The van der Waals surface area contributed by atoms with Crippen molar-refractivity contribution in [1.29, 1.82) is 0 Å². The van der Waals surface area contributed by atoms with E-state index in [9.17, 15) is 9.59 Å². The zero-order valence-corrected chi connectivity index (χ0v) is 15.0. The van der Waals surface area contributed by atoms with Gasteiger partial charge in [0.2, 0.25) is 5.91 Å². The van der Waals surface area contributed by atoms with Gasteiger partial charge in [-0.05, 0) is 45.2 Å². The lowest BCUT2D eigenvalue weighted by Crippen LogP contribution is -2.51. The molecule has 7 heteroatoms. The van der Waals surface area contributed by atoms with Gasteiger partial charge in [0.05, 0.1) is 6.04 Å². The lowest BCUT2D eigenvalue weighted by Gasteiger charge is -2.36. The van der Waals surface area contributed by atoms with Gasteiger partial charge in [0.25, 0.3) is 5.91 Å². The number of carbonyl (C=O) groups excluding carboxylic acids is 2. The molecule has 2 atom stereocenters. The van der Waals surface area contributed by atoms with Gasteiger partial charge in [0.15, 0.2) is 0 Å². The van der Waals surface area contributed by atoms with E-state index in [1.807, 2.05) is 6.92 Å². The molecular formula is C18H29N5O2. The number of aromatic amines is 1. The molecule has 0 radical (unpaired) electrons. The molecule has 25 heavy (non-hydrogen) atoms. The maximum atomic E-state index is 12.6. The van der Waals surface area contributed by atoms with Gasteiger partial charge in [-0.1, -0.05) is 19.3 Å². The summed E-state index contributed by atoms with van der Waals surface area (Å²) in [4.78, 5) is 26.1. The van der Waals surface area contributed by atoms with Gasteiger partial charge in [0.1, 0.15) is 5.69 Å². The number of aromatic nitrogens is 2. The van der Waals surface area contributed by atoms with E-state index in [2.05, 4.69) is 20.4 Å². The van der Waals surface area contributed by atoms with E-state index >= 15 is 0 Å². The summed E-state index contributed by atoms with van der Waals surface area (Å²) in [5.41, 5.74) is 6.48. The Morgan fingerprint density at radius 2 is 2.04 bits per heavy atom. The van der Waals surface area contributed by atoms with E-state index in [4.69, 9.17) is 5.73 Å². The molecule has 1 aliphatic carbocycles. The van der Waals surface area contributed by atoms with Crippen molar-refractivity contribution in [2.24, 2.45) is 5.73 Å². The third kappa shape index (κ3) is 4.39. The molecule has 3 rings (SSSR count).